The van der Waals surface area contributed by atoms with E-state index in [2.05, 4.69) is 12.1 Å². The van der Waals surface area contributed by atoms with Gasteiger partial charge in [-0.15, -0.1) is 0 Å². The lowest BCUT2D eigenvalue weighted by Crippen LogP contribution is -1.94. The number of nitriles is 2. The minimum Gasteiger partial charge on any atom is -0.494 e. The lowest BCUT2D eigenvalue weighted by Gasteiger charge is -2.09. The van der Waals surface area contributed by atoms with Gasteiger partial charge in [-0.1, -0.05) is 6.07 Å². The van der Waals surface area contributed by atoms with Crippen molar-refractivity contribution in [3.8, 4) is 17.9 Å². The Labute approximate surface area is 106 Å². The van der Waals surface area contributed by atoms with Gasteiger partial charge in [-0.25, -0.2) is 0 Å². The molecule has 0 aliphatic carbocycles. The second-order valence-electron chi connectivity index (χ2n) is 3.98. The van der Waals surface area contributed by atoms with Crippen LogP contribution >= 0.6 is 0 Å². The van der Waals surface area contributed by atoms with Gasteiger partial charge in [0, 0.05) is 5.39 Å². The first-order valence-corrected chi connectivity index (χ1v) is 5.71. The molecule has 0 N–H and O–H groups in total. The van der Waals surface area contributed by atoms with Crippen LogP contribution in [0.15, 0.2) is 24.3 Å². The van der Waals surface area contributed by atoms with Crippen LogP contribution in [0.4, 0.5) is 0 Å². The molecule has 0 bridgehead atoms. The van der Waals surface area contributed by atoms with Crippen LogP contribution in [0.2, 0.25) is 0 Å². The van der Waals surface area contributed by atoms with Gasteiger partial charge in [-0.05, 0) is 43.0 Å². The van der Waals surface area contributed by atoms with Gasteiger partial charge in [0.05, 0.1) is 17.7 Å². The molecule has 2 aromatic rings. The van der Waals surface area contributed by atoms with Crippen LogP contribution in [0.25, 0.3) is 10.8 Å². The summed E-state index contributed by atoms with van der Waals surface area (Å²) in [7, 11) is 0. The first-order chi connectivity index (χ1) is 8.71. The molecule has 0 heterocycles. The molecule has 0 atom stereocenters. The minimum atomic E-state index is 0.413. The summed E-state index contributed by atoms with van der Waals surface area (Å²) in [5, 5.41) is 20.0. The highest BCUT2D eigenvalue weighted by Gasteiger charge is 2.10. The number of fused-ring (bicyclic) bond motifs is 1. The van der Waals surface area contributed by atoms with Crippen LogP contribution in [0.3, 0.4) is 0 Å². The summed E-state index contributed by atoms with van der Waals surface area (Å²) in [5.74, 6) is 0.719. The first kappa shape index (κ1) is 12.0. The number of aryl methyl sites for hydroxylation is 1. The fourth-order valence-electron chi connectivity index (χ4n) is 2.05. The molecule has 2 rings (SSSR count). The molecule has 0 fully saturated rings. The van der Waals surface area contributed by atoms with Crippen molar-refractivity contribution < 1.29 is 4.74 Å². The van der Waals surface area contributed by atoms with Crippen molar-refractivity contribution in [3.63, 3.8) is 0 Å². The highest BCUT2D eigenvalue weighted by Crippen LogP contribution is 2.28. The van der Waals surface area contributed by atoms with Gasteiger partial charge in [0.25, 0.3) is 0 Å². The molecule has 2 aromatic carbocycles. The molecular weight excluding hydrogens is 224 g/mol. The van der Waals surface area contributed by atoms with Crippen molar-refractivity contribution in [1.29, 1.82) is 10.5 Å². The monoisotopic (exact) mass is 236 g/mol. The third-order valence-electron chi connectivity index (χ3n) is 2.86. The average Bonchev–Trinajstić information content (AvgIpc) is 2.38. The predicted octanol–water partition coefficient (Wildman–Crippen LogP) is 3.29. The Hall–Kier alpha value is -2.52. The van der Waals surface area contributed by atoms with Gasteiger partial charge >= 0.3 is 0 Å². The number of rotatable bonds is 2. The molecule has 0 unspecified atom stereocenters. The quantitative estimate of drug-likeness (QED) is 0.803. The van der Waals surface area contributed by atoms with E-state index in [0.717, 1.165) is 22.1 Å². The highest BCUT2D eigenvalue weighted by molar-refractivity contribution is 5.93. The molecule has 18 heavy (non-hydrogen) atoms. The van der Waals surface area contributed by atoms with Gasteiger partial charge in [-0.2, -0.15) is 10.5 Å². The van der Waals surface area contributed by atoms with E-state index >= 15 is 0 Å². The van der Waals surface area contributed by atoms with Crippen molar-refractivity contribution in [2.45, 2.75) is 13.8 Å². The topological polar surface area (TPSA) is 56.8 Å². The first-order valence-electron chi connectivity index (χ1n) is 5.71. The smallest absolute Gasteiger partial charge is 0.119 e. The van der Waals surface area contributed by atoms with E-state index in [9.17, 15) is 5.26 Å². The SMILES string of the molecule is CCOc1ccc2c(C)cc(C#N)c(C#N)c2c1. The molecule has 0 aliphatic rings. The van der Waals surface area contributed by atoms with Crippen molar-refractivity contribution in [2.24, 2.45) is 0 Å². The second-order valence-corrected chi connectivity index (χ2v) is 3.98. The Morgan fingerprint density at radius 2 is 1.89 bits per heavy atom. The molecule has 0 saturated heterocycles. The van der Waals surface area contributed by atoms with E-state index in [1.165, 1.54) is 0 Å². The Kier molecular flexibility index (Phi) is 3.17. The van der Waals surface area contributed by atoms with E-state index in [0.29, 0.717) is 17.7 Å². The Morgan fingerprint density at radius 1 is 1.11 bits per heavy atom. The van der Waals surface area contributed by atoms with E-state index in [-0.39, 0.29) is 0 Å². The molecule has 0 spiro atoms. The Morgan fingerprint density at radius 3 is 2.50 bits per heavy atom. The van der Waals surface area contributed by atoms with E-state index in [4.69, 9.17) is 10.00 Å². The maximum Gasteiger partial charge on any atom is 0.119 e. The number of benzene rings is 2. The molecule has 0 aliphatic heterocycles. The second kappa shape index (κ2) is 4.77. The van der Waals surface area contributed by atoms with Crippen molar-refractivity contribution in [1.82, 2.24) is 0 Å². The number of hydrogen-bond acceptors (Lipinski definition) is 3. The summed E-state index contributed by atoms with van der Waals surface area (Å²) in [6.45, 7) is 4.42. The molecule has 3 heteroatoms. The van der Waals surface area contributed by atoms with Crippen LogP contribution in [0.1, 0.15) is 23.6 Å². The van der Waals surface area contributed by atoms with Crippen molar-refractivity contribution in [2.75, 3.05) is 6.61 Å². The fourth-order valence-corrected chi connectivity index (χ4v) is 2.05. The normalized spacial score (nSPS) is 9.78. The maximum atomic E-state index is 9.22. The van der Waals surface area contributed by atoms with Gasteiger partial charge in [0.1, 0.15) is 17.9 Å². The number of hydrogen-bond donors (Lipinski definition) is 0. The molecule has 3 nitrogen and oxygen atoms in total. The molecular formula is C15H12N2O. The summed E-state index contributed by atoms with van der Waals surface area (Å²) >= 11 is 0. The van der Waals surface area contributed by atoms with E-state index in [1.807, 2.05) is 32.0 Å². The summed E-state index contributed by atoms with van der Waals surface area (Å²) < 4.78 is 5.43. The third-order valence-corrected chi connectivity index (χ3v) is 2.86. The van der Waals surface area contributed by atoms with Crippen LogP contribution in [-0.2, 0) is 0 Å². The van der Waals surface area contributed by atoms with Crippen LogP contribution in [-0.4, -0.2) is 6.61 Å². The Balaban J connectivity index is 2.82. The van der Waals surface area contributed by atoms with Crippen LogP contribution in [0, 0.1) is 29.6 Å². The largest absolute Gasteiger partial charge is 0.494 e. The minimum absolute atomic E-state index is 0.413. The van der Waals surface area contributed by atoms with Gasteiger partial charge in [0.2, 0.25) is 0 Å². The zero-order valence-corrected chi connectivity index (χ0v) is 10.3. The molecule has 0 amide bonds. The van der Waals surface area contributed by atoms with Gasteiger partial charge < -0.3 is 4.74 Å². The summed E-state index contributed by atoms with van der Waals surface area (Å²) in [4.78, 5) is 0. The van der Waals surface area contributed by atoms with Crippen molar-refractivity contribution in [3.05, 3.63) is 41.0 Å². The van der Waals surface area contributed by atoms with E-state index in [1.54, 1.807) is 6.07 Å². The third kappa shape index (κ3) is 1.87. The fraction of sp³-hybridized carbons (Fsp3) is 0.200. The van der Waals surface area contributed by atoms with Crippen LogP contribution in [0.5, 0.6) is 5.75 Å². The summed E-state index contributed by atoms with van der Waals surface area (Å²) in [5.41, 5.74) is 1.82. The average molecular weight is 236 g/mol. The maximum absolute atomic E-state index is 9.22. The van der Waals surface area contributed by atoms with Crippen LogP contribution < -0.4 is 4.74 Å². The summed E-state index contributed by atoms with van der Waals surface area (Å²) in [6, 6.07) is 11.6. The molecule has 0 aromatic heterocycles. The molecule has 0 radical (unpaired) electrons. The zero-order valence-electron chi connectivity index (χ0n) is 10.3. The lowest BCUT2D eigenvalue weighted by atomic mass is 9.96. The van der Waals surface area contributed by atoms with Gasteiger partial charge in [-0.3, -0.25) is 0 Å². The molecule has 0 saturated carbocycles. The zero-order chi connectivity index (χ0) is 13.1. The van der Waals surface area contributed by atoms with Gasteiger partial charge in [0.15, 0.2) is 0 Å². The van der Waals surface area contributed by atoms with E-state index < -0.39 is 0 Å². The predicted molar refractivity (Wildman–Crippen MR) is 69.3 cm³/mol. The summed E-state index contributed by atoms with van der Waals surface area (Å²) in [6.07, 6.45) is 0. The molecule has 88 valence electrons. The lowest BCUT2D eigenvalue weighted by molar-refractivity contribution is 0.341. The number of nitrogens with zero attached hydrogens (tertiary/aromatic N) is 2. The highest BCUT2D eigenvalue weighted by atomic mass is 16.5. The Bertz CT molecular complexity index is 690. The standard InChI is InChI=1S/C15H12N2O/c1-3-18-12-4-5-13-10(2)6-11(8-16)15(9-17)14(13)7-12/h4-7H,3H2,1-2H3. The number of ether oxygens (including phenoxy) is 1. The van der Waals surface area contributed by atoms with Crippen molar-refractivity contribution >= 4 is 10.8 Å².